The van der Waals surface area contributed by atoms with E-state index in [-0.39, 0.29) is 12.5 Å². The highest BCUT2D eigenvalue weighted by Crippen LogP contribution is 2.28. The number of carbonyl (C=O) groups is 1. The molecule has 1 heterocycles. The molecule has 3 rings (SSSR count). The smallest absolute Gasteiger partial charge is 0.262 e. The highest BCUT2D eigenvalue weighted by molar-refractivity contribution is 5.95. The van der Waals surface area contributed by atoms with Crippen molar-refractivity contribution in [2.45, 2.75) is 31.7 Å². The Morgan fingerprint density at radius 2 is 2.28 bits per heavy atom. The zero-order valence-corrected chi connectivity index (χ0v) is 10.4. The van der Waals surface area contributed by atoms with Gasteiger partial charge < -0.3 is 15.4 Å². The molecule has 18 heavy (non-hydrogen) atoms. The first-order valence-electron chi connectivity index (χ1n) is 6.60. The third-order valence-electron chi connectivity index (χ3n) is 3.33. The van der Waals surface area contributed by atoms with Crippen molar-refractivity contribution in [1.82, 2.24) is 5.32 Å². The van der Waals surface area contributed by atoms with Crippen LogP contribution < -0.4 is 15.4 Å². The minimum atomic E-state index is -0.0740. The number of hydrogen-bond acceptors (Lipinski definition) is 3. The molecule has 4 heteroatoms. The Kier molecular flexibility index (Phi) is 3.19. The Bertz CT molecular complexity index is 455. The molecule has 0 spiro atoms. The van der Waals surface area contributed by atoms with Gasteiger partial charge in [0.2, 0.25) is 0 Å². The maximum Gasteiger partial charge on any atom is 0.262 e. The van der Waals surface area contributed by atoms with Crippen LogP contribution in [0.3, 0.4) is 0 Å². The van der Waals surface area contributed by atoms with Gasteiger partial charge in [0.15, 0.2) is 6.61 Å². The average Bonchev–Trinajstić information content (AvgIpc) is 3.18. The minimum absolute atomic E-state index is 0.0740. The van der Waals surface area contributed by atoms with E-state index in [1.807, 2.05) is 12.1 Å². The van der Waals surface area contributed by atoms with Gasteiger partial charge in [0.25, 0.3) is 5.91 Å². The number of benzene rings is 1. The van der Waals surface area contributed by atoms with Crippen LogP contribution in [0.4, 0.5) is 5.69 Å². The van der Waals surface area contributed by atoms with E-state index in [2.05, 4.69) is 16.7 Å². The fraction of sp³-hybridized carbons (Fsp3) is 0.500. The van der Waals surface area contributed by atoms with Gasteiger partial charge in [0.1, 0.15) is 5.75 Å². The summed E-state index contributed by atoms with van der Waals surface area (Å²) in [5, 5.41) is 6.34. The third kappa shape index (κ3) is 2.82. The molecule has 1 amide bonds. The number of ether oxygens (including phenoxy) is 1. The molecule has 1 saturated carbocycles. The van der Waals surface area contributed by atoms with E-state index in [1.165, 1.54) is 18.4 Å². The van der Waals surface area contributed by atoms with Crippen molar-refractivity contribution in [3.8, 4) is 5.75 Å². The fourth-order valence-corrected chi connectivity index (χ4v) is 2.17. The molecular formula is C14H18N2O2. The van der Waals surface area contributed by atoms with Crippen molar-refractivity contribution in [2.24, 2.45) is 0 Å². The van der Waals surface area contributed by atoms with E-state index in [1.54, 1.807) is 0 Å². The number of rotatable bonds is 5. The van der Waals surface area contributed by atoms with E-state index in [0.29, 0.717) is 0 Å². The summed E-state index contributed by atoms with van der Waals surface area (Å²) in [7, 11) is 0. The monoisotopic (exact) mass is 246 g/mol. The van der Waals surface area contributed by atoms with Gasteiger partial charge in [-0.2, -0.15) is 0 Å². The zero-order valence-electron chi connectivity index (χ0n) is 10.4. The Labute approximate surface area is 107 Å². The van der Waals surface area contributed by atoms with Crippen LogP contribution >= 0.6 is 0 Å². The standard InChI is InChI=1S/C14H18N2O2/c17-14-9-18-13-6-3-10(8-12(13)16-14)2-1-7-15-11-4-5-11/h3,6,8,11,15H,1-2,4-5,7,9H2,(H,16,17). The molecule has 2 N–H and O–H groups in total. The van der Waals surface area contributed by atoms with Crippen LogP contribution in [-0.4, -0.2) is 25.1 Å². The lowest BCUT2D eigenvalue weighted by atomic mass is 10.1. The number of hydrogen-bond donors (Lipinski definition) is 2. The van der Waals surface area contributed by atoms with Gasteiger partial charge in [-0.15, -0.1) is 0 Å². The van der Waals surface area contributed by atoms with E-state index < -0.39 is 0 Å². The molecule has 0 atom stereocenters. The largest absolute Gasteiger partial charge is 0.482 e. The maximum absolute atomic E-state index is 11.2. The molecule has 1 aromatic rings. The Morgan fingerprint density at radius 1 is 1.39 bits per heavy atom. The number of carbonyl (C=O) groups excluding carboxylic acids is 1. The molecule has 4 nitrogen and oxygen atoms in total. The number of nitrogens with one attached hydrogen (secondary N) is 2. The van der Waals surface area contributed by atoms with Crippen molar-refractivity contribution < 1.29 is 9.53 Å². The summed E-state index contributed by atoms with van der Waals surface area (Å²) in [6.07, 6.45) is 4.83. The van der Waals surface area contributed by atoms with Crippen LogP contribution in [0.1, 0.15) is 24.8 Å². The van der Waals surface area contributed by atoms with E-state index in [0.717, 1.165) is 36.9 Å². The Balaban J connectivity index is 1.55. The van der Waals surface area contributed by atoms with Crippen LogP contribution in [0, 0.1) is 0 Å². The summed E-state index contributed by atoms with van der Waals surface area (Å²) in [4.78, 5) is 11.2. The Hall–Kier alpha value is -1.55. The van der Waals surface area contributed by atoms with Gasteiger partial charge >= 0.3 is 0 Å². The predicted molar refractivity (Wildman–Crippen MR) is 69.9 cm³/mol. The molecule has 1 aliphatic carbocycles. The lowest BCUT2D eigenvalue weighted by molar-refractivity contribution is -0.118. The molecule has 0 radical (unpaired) electrons. The zero-order chi connectivity index (χ0) is 12.4. The van der Waals surface area contributed by atoms with Gasteiger partial charge in [-0.3, -0.25) is 4.79 Å². The summed E-state index contributed by atoms with van der Waals surface area (Å²) >= 11 is 0. The van der Waals surface area contributed by atoms with Crippen LogP contribution in [0.2, 0.25) is 0 Å². The number of anilines is 1. The van der Waals surface area contributed by atoms with Crippen molar-refractivity contribution in [1.29, 1.82) is 0 Å². The summed E-state index contributed by atoms with van der Waals surface area (Å²) < 4.78 is 5.33. The lowest BCUT2D eigenvalue weighted by Gasteiger charge is -2.18. The molecule has 0 unspecified atom stereocenters. The first-order chi connectivity index (χ1) is 8.81. The first kappa shape index (κ1) is 11.5. The molecule has 0 aromatic heterocycles. The van der Waals surface area contributed by atoms with Crippen LogP contribution in [0.25, 0.3) is 0 Å². The summed E-state index contributed by atoms with van der Waals surface area (Å²) in [5.74, 6) is 0.699. The summed E-state index contributed by atoms with van der Waals surface area (Å²) in [6.45, 7) is 1.20. The molecule has 1 fully saturated rings. The SMILES string of the molecule is O=C1COc2ccc(CCCNC3CC3)cc2N1. The van der Waals surface area contributed by atoms with E-state index in [9.17, 15) is 4.79 Å². The Morgan fingerprint density at radius 3 is 3.11 bits per heavy atom. The summed E-state index contributed by atoms with van der Waals surface area (Å²) in [5.41, 5.74) is 2.05. The van der Waals surface area contributed by atoms with Crippen molar-refractivity contribution >= 4 is 11.6 Å². The van der Waals surface area contributed by atoms with Gasteiger partial charge in [0.05, 0.1) is 5.69 Å². The van der Waals surface area contributed by atoms with E-state index >= 15 is 0 Å². The molecule has 0 saturated heterocycles. The highest BCUT2D eigenvalue weighted by atomic mass is 16.5. The topological polar surface area (TPSA) is 50.4 Å². The van der Waals surface area contributed by atoms with E-state index in [4.69, 9.17) is 4.74 Å². The van der Waals surface area contributed by atoms with Crippen molar-refractivity contribution in [3.05, 3.63) is 23.8 Å². The van der Waals surface area contributed by atoms with Gasteiger partial charge in [0, 0.05) is 6.04 Å². The lowest BCUT2D eigenvalue weighted by Crippen LogP contribution is -2.25. The average molecular weight is 246 g/mol. The van der Waals surface area contributed by atoms with Crippen LogP contribution in [0.5, 0.6) is 5.75 Å². The van der Waals surface area contributed by atoms with Gasteiger partial charge in [-0.05, 0) is 49.9 Å². The molecule has 2 aliphatic rings. The molecule has 1 aliphatic heterocycles. The maximum atomic E-state index is 11.2. The minimum Gasteiger partial charge on any atom is -0.482 e. The van der Waals surface area contributed by atoms with Gasteiger partial charge in [-0.1, -0.05) is 6.07 Å². The third-order valence-corrected chi connectivity index (χ3v) is 3.33. The second-order valence-corrected chi connectivity index (χ2v) is 5.00. The number of amides is 1. The molecule has 1 aromatic carbocycles. The quantitative estimate of drug-likeness (QED) is 0.777. The number of aryl methyl sites for hydroxylation is 1. The highest BCUT2D eigenvalue weighted by Gasteiger charge is 2.19. The number of fused-ring (bicyclic) bond motifs is 1. The first-order valence-corrected chi connectivity index (χ1v) is 6.60. The second-order valence-electron chi connectivity index (χ2n) is 5.00. The molecule has 96 valence electrons. The van der Waals surface area contributed by atoms with Crippen LogP contribution in [-0.2, 0) is 11.2 Å². The summed E-state index contributed by atoms with van der Waals surface area (Å²) in [6, 6.07) is 6.82. The van der Waals surface area contributed by atoms with Crippen molar-refractivity contribution in [3.63, 3.8) is 0 Å². The second kappa shape index (κ2) is 4.98. The van der Waals surface area contributed by atoms with Crippen molar-refractivity contribution in [2.75, 3.05) is 18.5 Å². The normalized spacial score (nSPS) is 17.9. The predicted octanol–water partition coefficient (Wildman–Crippen LogP) is 1.70. The molecular weight excluding hydrogens is 228 g/mol. The van der Waals surface area contributed by atoms with Gasteiger partial charge in [-0.25, -0.2) is 0 Å². The fourth-order valence-electron chi connectivity index (χ4n) is 2.17. The molecule has 0 bridgehead atoms. The van der Waals surface area contributed by atoms with Crippen LogP contribution in [0.15, 0.2) is 18.2 Å².